The number of carbonyl (C=O) groups is 1. The van der Waals surface area contributed by atoms with Crippen molar-refractivity contribution in [2.45, 2.75) is 44.5 Å². The highest BCUT2D eigenvalue weighted by Gasteiger charge is 2.44. The Balaban J connectivity index is 1.39. The molecule has 1 aliphatic carbocycles. The molecule has 144 valence electrons. The van der Waals surface area contributed by atoms with Crippen molar-refractivity contribution >= 4 is 5.91 Å². The van der Waals surface area contributed by atoms with E-state index in [2.05, 4.69) is 4.90 Å². The van der Waals surface area contributed by atoms with Gasteiger partial charge in [0.2, 0.25) is 0 Å². The Bertz CT molecular complexity index is 609. The van der Waals surface area contributed by atoms with Gasteiger partial charge in [0.1, 0.15) is 5.75 Å². The van der Waals surface area contributed by atoms with Crippen LogP contribution in [0.4, 0.5) is 13.2 Å². The maximum Gasteiger partial charge on any atom is 0.473 e. The fraction of sp³-hybridized carbons (Fsp3) is 0.611. The highest BCUT2D eigenvalue weighted by atomic mass is 19.4. The molecule has 5 nitrogen and oxygen atoms in total. The largest absolute Gasteiger partial charge is 0.490 e. The summed E-state index contributed by atoms with van der Waals surface area (Å²) in [5.74, 6) is -1.69. The zero-order valence-electron chi connectivity index (χ0n) is 14.4. The molecule has 1 saturated carbocycles. The van der Waals surface area contributed by atoms with E-state index in [9.17, 15) is 23.2 Å². The van der Waals surface area contributed by atoms with Crippen LogP contribution in [0.2, 0.25) is 0 Å². The van der Waals surface area contributed by atoms with Crippen molar-refractivity contribution in [1.29, 1.82) is 0 Å². The molecule has 1 saturated heterocycles. The first-order valence-corrected chi connectivity index (χ1v) is 8.87. The summed E-state index contributed by atoms with van der Waals surface area (Å²) >= 11 is 0. The van der Waals surface area contributed by atoms with E-state index >= 15 is 0 Å². The molecule has 1 aliphatic heterocycles. The summed E-state index contributed by atoms with van der Waals surface area (Å²) in [4.78, 5) is 13.3. The summed E-state index contributed by atoms with van der Waals surface area (Å²) in [5.41, 5.74) is 1.23. The molecule has 0 radical (unpaired) electrons. The Morgan fingerprint density at radius 3 is 2.38 bits per heavy atom. The van der Waals surface area contributed by atoms with Crippen molar-refractivity contribution in [3.8, 4) is 5.75 Å². The maximum absolute atomic E-state index is 12.2. The molecule has 1 amide bonds. The van der Waals surface area contributed by atoms with Crippen molar-refractivity contribution in [1.82, 2.24) is 9.96 Å². The van der Waals surface area contributed by atoms with Gasteiger partial charge in [-0.2, -0.15) is 13.2 Å². The summed E-state index contributed by atoms with van der Waals surface area (Å²) < 4.78 is 42.4. The van der Waals surface area contributed by atoms with Crippen LogP contribution in [0.1, 0.15) is 31.2 Å². The van der Waals surface area contributed by atoms with Gasteiger partial charge in [-0.1, -0.05) is 12.1 Å². The lowest BCUT2D eigenvalue weighted by molar-refractivity contribution is -0.219. The van der Waals surface area contributed by atoms with E-state index < -0.39 is 12.1 Å². The first-order valence-electron chi connectivity index (χ1n) is 8.87. The first kappa shape index (κ1) is 19.0. The molecule has 2 fully saturated rings. The molecule has 1 heterocycles. The summed E-state index contributed by atoms with van der Waals surface area (Å²) in [5, 5.41) is 8.99. The van der Waals surface area contributed by atoms with Crippen LogP contribution in [0.3, 0.4) is 0 Å². The second kappa shape index (κ2) is 7.84. The highest BCUT2D eigenvalue weighted by Crippen LogP contribution is 2.32. The number of halogens is 3. The van der Waals surface area contributed by atoms with Crippen molar-refractivity contribution in [2.75, 3.05) is 19.6 Å². The van der Waals surface area contributed by atoms with Crippen LogP contribution in [0.25, 0.3) is 0 Å². The number of likely N-dealkylation sites (tertiary alicyclic amines) is 1. The standard InChI is InChI=1S/C18H23F3N2O3/c19-18(20,21)17(24)23(25)12-14-9-16(10-14)26-15-5-3-13(4-6-15)11-22-7-1-2-8-22/h3-6,14,16,25H,1-2,7-12H2. The third kappa shape index (κ3) is 4.88. The van der Waals surface area contributed by atoms with Gasteiger partial charge >= 0.3 is 12.1 Å². The molecule has 8 heteroatoms. The summed E-state index contributed by atoms with van der Waals surface area (Å²) in [6, 6.07) is 7.87. The Kier molecular flexibility index (Phi) is 5.72. The number of hydroxylamine groups is 2. The van der Waals surface area contributed by atoms with E-state index in [-0.39, 0.29) is 23.6 Å². The van der Waals surface area contributed by atoms with E-state index in [4.69, 9.17) is 4.74 Å². The van der Waals surface area contributed by atoms with Gasteiger partial charge in [-0.05, 0) is 62.4 Å². The van der Waals surface area contributed by atoms with Crippen molar-refractivity contribution in [2.24, 2.45) is 5.92 Å². The molecular weight excluding hydrogens is 349 g/mol. The molecule has 1 N–H and O–H groups in total. The lowest BCUT2D eigenvalue weighted by Crippen LogP contribution is -2.46. The molecule has 26 heavy (non-hydrogen) atoms. The number of nitrogens with zero attached hydrogens (tertiary/aromatic N) is 2. The Labute approximate surface area is 150 Å². The number of ether oxygens (including phenoxy) is 1. The van der Waals surface area contributed by atoms with Crippen LogP contribution in [-0.2, 0) is 11.3 Å². The summed E-state index contributed by atoms with van der Waals surface area (Å²) in [6.07, 6.45) is -1.62. The number of carbonyl (C=O) groups excluding carboxylic acids is 1. The number of hydrogen-bond acceptors (Lipinski definition) is 4. The van der Waals surface area contributed by atoms with E-state index in [0.717, 1.165) is 25.4 Å². The molecule has 1 aromatic carbocycles. The Hall–Kier alpha value is -1.80. The van der Waals surface area contributed by atoms with Gasteiger partial charge < -0.3 is 4.74 Å². The van der Waals surface area contributed by atoms with Gasteiger partial charge in [-0.25, -0.2) is 5.06 Å². The number of rotatable bonds is 6. The minimum Gasteiger partial charge on any atom is -0.490 e. The van der Waals surface area contributed by atoms with E-state index in [0.29, 0.717) is 12.8 Å². The van der Waals surface area contributed by atoms with Crippen LogP contribution in [0, 0.1) is 5.92 Å². The second-order valence-electron chi connectivity index (χ2n) is 7.09. The first-order chi connectivity index (χ1) is 12.3. The van der Waals surface area contributed by atoms with E-state index in [1.807, 2.05) is 24.3 Å². The lowest BCUT2D eigenvalue weighted by atomic mass is 9.82. The molecule has 3 rings (SSSR count). The Morgan fingerprint density at radius 2 is 1.81 bits per heavy atom. The molecule has 0 bridgehead atoms. The molecule has 0 spiro atoms. The normalized spacial score (nSPS) is 23.5. The fourth-order valence-corrected chi connectivity index (χ4v) is 3.46. The van der Waals surface area contributed by atoms with Crippen LogP contribution in [-0.4, -0.2) is 53.0 Å². The second-order valence-corrected chi connectivity index (χ2v) is 7.09. The van der Waals surface area contributed by atoms with Gasteiger partial charge in [0, 0.05) is 6.54 Å². The number of amides is 1. The van der Waals surface area contributed by atoms with Gasteiger partial charge in [0.05, 0.1) is 12.6 Å². The van der Waals surface area contributed by atoms with E-state index in [1.165, 1.54) is 18.4 Å². The monoisotopic (exact) mass is 372 g/mol. The number of hydrogen-bond donors (Lipinski definition) is 1. The quantitative estimate of drug-likeness (QED) is 0.615. The lowest BCUT2D eigenvalue weighted by Gasteiger charge is -2.36. The number of benzene rings is 1. The Morgan fingerprint density at radius 1 is 1.19 bits per heavy atom. The number of alkyl halides is 3. The fourth-order valence-electron chi connectivity index (χ4n) is 3.46. The zero-order chi connectivity index (χ0) is 18.7. The highest BCUT2D eigenvalue weighted by molar-refractivity contribution is 5.80. The molecule has 2 aliphatic rings. The smallest absolute Gasteiger partial charge is 0.473 e. The van der Waals surface area contributed by atoms with Crippen molar-refractivity contribution < 1.29 is 27.9 Å². The zero-order valence-corrected chi connectivity index (χ0v) is 14.4. The SMILES string of the molecule is O=C(N(O)CC1CC(Oc2ccc(CN3CCCC3)cc2)C1)C(F)(F)F. The summed E-state index contributed by atoms with van der Waals surface area (Å²) in [6.45, 7) is 2.89. The van der Waals surface area contributed by atoms with Gasteiger partial charge in [-0.15, -0.1) is 0 Å². The molecule has 0 aromatic heterocycles. The molecule has 0 unspecified atom stereocenters. The van der Waals surface area contributed by atoms with Crippen LogP contribution in [0.5, 0.6) is 5.75 Å². The molecular formula is C18H23F3N2O3. The van der Waals surface area contributed by atoms with Crippen molar-refractivity contribution in [3.05, 3.63) is 29.8 Å². The van der Waals surface area contributed by atoms with E-state index in [1.54, 1.807) is 0 Å². The predicted molar refractivity (Wildman–Crippen MR) is 87.6 cm³/mol. The maximum atomic E-state index is 12.2. The van der Waals surface area contributed by atoms with Gasteiger partial charge in [0.15, 0.2) is 0 Å². The van der Waals surface area contributed by atoms with Gasteiger partial charge in [-0.3, -0.25) is 14.9 Å². The minimum atomic E-state index is -5.05. The topological polar surface area (TPSA) is 53.0 Å². The third-order valence-electron chi connectivity index (χ3n) is 4.93. The van der Waals surface area contributed by atoms with Crippen molar-refractivity contribution in [3.63, 3.8) is 0 Å². The van der Waals surface area contributed by atoms with Crippen LogP contribution in [0.15, 0.2) is 24.3 Å². The molecule has 1 aromatic rings. The van der Waals surface area contributed by atoms with Gasteiger partial charge in [0.25, 0.3) is 0 Å². The van der Waals surface area contributed by atoms with Crippen LogP contribution >= 0.6 is 0 Å². The summed E-state index contributed by atoms with van der Waals surface area (Å²) in [7, 11) is 0. The third-order valence-corrected chi connectivity index (χ3v) is 4.93. The minimum absolute atomic E-state index is 0.0983. The average Bonchev–Trinajstić information content (AvgIpc) is 3.05. The molecule has 0 atom stereocenters. The van der Waals surface area contributed by atoms with Crippen LogP contribution < -0.4 is 4.74 Å². The predicted octanol–water partition coefficient (Wildman–Crippen LogP) is 3.22. The average molecular weight is 372 g/mol.